The summed E-state index contributed by atoms with van der Waals surface area (Å²) in [6.07, 6.45) is 2.13. The van der Waals surface area contributed by atoms with Crippen LogP contribution < -0.4 is 10.6 Å². The summed E-state index contributed by atoms with van der Waals surface area (Å²) < 4.78 is 4.84. The molecular formula is C16H18ClN3O5. The van der Waals surface area contributed by atoms with E-state index in [4.69, 9.17) is 16.3 Å². The zero-order chi connectivity index (χ0) is 18.6. The molecule has 1 unspecified atom stereocenters. The number of hydrogen-bond acceptors (Lipinski definition) is 5. The molecule has 25 heavy (non-hydrogen) atoms. The van der Waals surface area contributed by atoms with E-state index in [-0.39, 0.29) is 16.3 Å². The molecule has 1 atom stereocenters. The van der Waals surface area contributed by atoms with Gasteiger partial charge in [-0.2, -0.15) is 0 Å². The van der Waals surface area contributed by atoms with Crippen LogP contribution in [-0.4, -0.2) is 24.0 Å². The molecule has 0 aromatic heterocycles. The topological polar surface area (TPSA) is 111 Å². The number of nitrogens with zero attached hydrogens (tertiary/aromatic N) is 1. The standard InChI is InChI=1S/C16H18ClN3O5/c1-3-4-5-11-13(15(21)25-2)14(19-16(22)18-11)9-6-7-10(17)12(8-9)20(23)24/h6-8,14H,3-5H2,1-2H3,(H2,18,19,22). The van der Waals surface area contributed by atoms with Crippen LogP contribution in [0.1, 0.15) is 37.8 Å². The van der Waals surface area contributed by atoms with Gasteiger partial charge in [-0.05, 0) is 24.5 Å². The fourth-order valence-corrected chi connectivity index (χ4v) is 2.81. The van der Waals surface area contributed by atoms with Crippen LogP contribution in [0.5, 0.6) is 0 Å². The monoisotopic (exact) mass is 367 g/mol. The zero-order valence-corrected chi connectivity index (χ0v) is 14.6. The van der Waals surface area contributed by atoms with E-state index >= 15 is 0 Å². The number of benzene rings is 1. The van der Waals surface area contributed by atoms with Crippen molar-refractivity contribution in [2.24, 2.45) is 0 Å². The number of urea groups is 1. The first-order valence-electron chi connectivity index (χ1n) is 7.71. The van der Waals surface area contributed by atoms with E-state index in [1.54, 1.807) is 0 Å². The van der Waals surface area contributed by atoms with Gasteiger partial charge in [0, 0.05) is 11.8 Å². The highest BCUT2D eigenvalue weighted by Crippen LogP contribution is 2.33. The van der Waals surface area contributed by atoms with Crippen molar-refractivity contribution >= 4 is 29.3 Å². The number of carbonyl (C=O) groups is 2. The van der Waals surface area contributed by atoms with Crippen LogP contribution in [0.4, 0.5) is 10.5 Å². The third-order valence-electron chi connectivity index (χ3n) is 3.84. The molecule has 0 radical (unpaired) electrons. The fraction of sp³-hybridized carbons (Fsp3) is 0.375. The first-order chi connectivity index (χ1) is 11.9. The second-order valence-corrected chi connectivity index (χ2v) is 5.89. The fourth-order valence-electron chi connectivity index (χ4n) is 2.62. The quantitative estimate of drug-likeness (QED) is 0.455. The van der Waals surface area contributed by atoms with E-state index < -0.39 is 23.0 Å². The van der Waals surface area contributed by atoms with Crippen molar-refractivity contribution in [1.29, 1.82) is 0 Å². The second kappa shape index (κ2) is 7.98. The van der Waals surface area contributed by atoms with Crippen molar-refractivity contribution in [2.45, 2.75) is 32.2 Å². The summed E-state index contributed by atoms with van der Waals surface area (Å²) in [6.45, 7) is 1.99. The Balaban J connectivity index is 2.56. The molecule has 0 saturated carbocycles. The van der Waals surface area contributed by atoms with Gasteiger partial charge in [-0.15, -0.1) is 0 Å². The van der Waals surface area contributed by atoms with Gasteiger partial charge in [-0.1, -0.05) is 31.0 Å². The van der Waals surface area contributed by atoms with Crippen LogP contribution in [-0.2, 0) is 9.53 Å². The number of unbranched alkanes of at least 4 members (excludes halogenated alkanes) is 1. The molecule has 0 bridgehead atoms. The molecule has 2 rings (SSSR count). The summed E-state index contributed by atoms with van der Waals surface area (Å²) >= 11 is 5.84. The van der Waals surface area contributed by atoms with E-state index in [0.29, 0.717) is 17.7 Å². The van der Waals surface area contributed by atoms with E-state index in [1.165, 1.54) is 25.3 Å². The summed E-state index contributed by atoms with van der Waals surface area (Å²) in [5, 5.41) is 16.3. The zero-order valence-electron chi connectivity index (χ0n) is 13.8. The number of hydrogen-bond donors (Lipinski definition) is 2. The van der Waals surface area contributed by atoms with Gasteiger partial charge in [-0.25, -0.2) is 9.59 Å². The van der Waals surface area contributed by atoms with E-state index in [1.807, 2.05) is 6.92 Å². The first kappa shape index (κ1) is 18.7. The maximum absolute atomic E-state index is 12.3. The van der Waals surface area contributed by atoms with Crippen LogP contribution in [0.15, 0.2) is 29.5 Å². The van der Waals surface area contributed by atoms with E-state index in [0.717, 1.165) is 12.8 Å². The molecule has 2 N–H and O–H groups in total. The van der Waals surface area contributed by atoms with Crippen LogP contribution in [0, 0.1) is 10.1 Å². The Morgan fingerprint density at radius 3 is 2.76 bits per heavy atom. The number of rotatable bonds is 6. The highest BCUT2D eigenvalue weighted by molar-refractivity contribution is 6.32. The molecule has 1 aliphatic heterocycles. The number of methoxy groups -OCH3 is 1. The lowest BCUT2D eigenvalue weighted by Crippen LogP contribution is -2.45. The molecule has 0 aliphatic carbocycles. The van der Waals surface area contributed by atoms with Crippen LogP contribution in [0.25, 0.3) is 0 Å². The first-order valence-corrected chi connectivity index (χ1v) is 8.09. The maximum atomic E-state index is 12.3. The maximum Gasteiger partial charge on any atom is 0.337 e. The molecule has 0 fully saturated rings. The molecule has 1 aromatic carbocycles. The normalized spacial score (nSPS) is 16.9. The lowest BCUT2D eigenvalue weighted by molar-refractivity contribution is -0.384. The largest absolute Gasteiger partial charge is 0.466 e. The van der Waals surface area contributed by atoms with Crippen molar-refractivity contribution in [2.75, 3.05) is 7.11 Å². The summed E-state index contributed by atoms with van der Waals surface area (Å²) in [4.78, 5) is 34.8. The molecule has 8 nitrogen and oxygen atoms in total. The van der Waals surface area contributed by atoms with E-state index in [2.05, 4.69) is 10.6 Å². The Hall–Kier alpha value is -2.61. The lowest BCUT2D eigenvalue weighted by Gasteiger charge is -2.29. The van der Waals surface area contributed by atoms with Crippen molar-refractivity contribution in [3.05, 3.63) is 50.2 Å². The SMILES string of the molecule is CCCCC1=C(C(=O)OC)C(c2ccc(Cl)c([N+](=O)[O-])c2)NC(=O)N1. The van der Waals surface area contributed by atoms with Gasteiger partial charge in [0.1, 0.15) is 5.02 Å². The summed E-state index contributed by atoms with van der Waals surface area (Å²) in [6, 6.07) is 2.81. The Bertz CT molecular complexity index is 747. The van der Waals surface area contributed by atoms with Crippen LogP contribution in [0.2, 0.25) is 5.02 Å². The minimum atomic E-state index is -0.857. The third kappa shape index (κ3) is 4.08. The molecular weight excluding hydrogens is 350 g/mol. The molecule has 1 aromatic rings. The predicted octanol–water partition coefficient (Wildman–Crippen LogP) is 3.22. The molecule has 9 heteroatoms. The number of halogens is 1. The number of carbonyl (C=O) groups excluding carboxylic acids is 2. The highest BCUT2D eigenvalue weighted by Gasteiger charge is 2.34. The molecule has 2 amide bonds. The molecule has 1 aliphatic rings. The minimum Gasteiger partial charge on any atom is -0.466 e. The Morgan fingerprint density at radius 1 is 1.44 bits per heavy atom. The van der Waals surface area contributed by atoms with Gasteiger partial charge in [-0.3, -0.25) is 10.1 Å². The number of nitro groups is 1. The highest BCUT2D eigenvalue weighted by atomic mass is 35.5. The summed E-state index contributed by atoms with van der Waals surface area (Å²) in [5.41, 5.74) is 0.763. The second-order valence-electron chi connectivity index (χ2n) is 5.49. The molecule has 0 saturated heterocycles. The molecule has 134 valence electrons. The smallest absolute Gasteiger partial charge is 0.337 e. The number of nitrogens with one attached hydrogen (secondary N) is 2. The van der Waals surface area contributed by atoms with Gasteiger partial charge in [0.2, 0.25) is 0 Å². The van der Waals surface area contributed by atoms with Gasteiger partial charge in [0.05, 0.1) is 23.6 Å². The number of allylic oxidation sites excluding steroid dienone is 1. The van der Waals surface area contributed by atoms with Crippen LogP contribution in [0.3, 0.4) is 0 Å². The van der Waals surface area contributed by atoms with Crippen molar-refractivity contribution < 1.29 is 19.2 Å². The third-order valence-corrected chi connectivity index (χ3v) is 4.16. The predicted molar refractivity (Wildman–Crippen MR) is 91.1 cm³/mol. The van der Waals surface area contributed by atoms with Crippen molar-refractivity contribution in [3.8, 4) is 0 Å². The van der Waals surface area contributed by atoms with Crippen LogP contribution >= 0.6 is 11.6 Å². The van der Waals surface area contributed by atoms with Gasteiger partial charge < -0.3 is 15.4 Å². The van der Waals surface area contributed by atoms with E-state index in [9.17, 15) is 19.7 Å². The molecule has 1 heterocycles. The van der Waals surface area contributed by atoms with Gasteiger partial charge in [0.25, 0.3) is 5.69 Å². The average molecular weight is 368 g/mol. The number of amides is 2. The van der Waals surface area contributed by atoms with Gasteiger partial charge >= 0.3 is 12.0 Å². The summed E-state index contributed by atoms with van der Waals surface area (Å²) in [5.74, 6) is -0.610. The van der Waals surface area contributed by atoms with Crippen molar-refractivity contribution in [3.63, 3.8) is 0 Å². The number of ether oxygens (including phenoxy) is 1. The Labute approximate surface area is 149 Å². The van der Waals surface area contributed by atoms with Crippen molar-refractivity contribution in [1.82, 2.24) is 10.6 Å². The number of nitro benzene ring substituents is 1. The summed E-state index contributed by atoms with van der Waals surface area (Å²) in [7, 11) is 1.24. The lowest BCUT2D eigenvalue weighted by atomic mass is 9.93. The molecule has 0 spiro atoms. The Morgan fingerprint density at radius 2 is 2.16 bits per heavy atom. The number of esters is 1. The Kier molecular flexibility index (Phi) is 5.97. The van der Waals surface area contributed by atoms with Gasteiger partial charge in [0.15, 0.2) is 0 Å². The average Bonchev–Trinajstić information content (AvgIpc) is 2.58. The minimum absolute atomic E-state index is 0.0242.